The van der Waals surface area contributed by atoms with Gasteiger partial charge in [0, 0.05) is 19.5 Å². The van der Waals surface area contributed by atoms with Crippen molar-refractivity contribution in [3.05, 3.63) is 71.3 Å². The molecule has 3 rings (SSSR count). The van der Waals surface area contributed by atoms with Gasteiger partial charge in [0.15, 0.2) is 0 Å². The fourth-order valence-corrected chi connectivity index (χ4v) is 4.01. The van der Waals surface area contributed by atoms with Crippen LogP contribution in [0, 0.1) is 11.3 Å². The lowest BCUT2D eigenvalue weighted by Gasteiger charge is -2.29. The van der Waals surface area contributed by atoms with Gasteiger partial charge in [0.1, 0.15) is 17.7 Å². The first-order valence-electron chi connectivity index (χ1n) is 11.8. The van der Waals surface area contributed by atoms with E-state index in [1.54, 1.807) is 49.9 Å². The zero-order valence-corrected chi connectivity index (χ0v) is 20.4. The second-order valence-corrected chi connectivity index (χ2v) is 9.60. The molecular weight excluding hydrogens is 444 g/mol. The van der Waals surface area contributed by atoms with Crippen molar-refractivity contribution in [1.82, 2.24) is 15.5 Å². The maximum atomic E-state index is 13.6. The molecule has 8 heteroatoms. The van der Waals surface area contributed by atoms with E-state index in [-0.39, 0.29) is 18.2 Å². The topological polar surface area (TPSA) is 112 Å². The second-order valence-electron chi connectivity index (χ2n) is 9.60. The second kappa shape index (κ2) is 11.5. The number of carbonyl (C=O) groups is 3. The normalized spacial score (nSPS) is 16.2. The summed E-state index contributed by atoms with van der Waals surface area (Å²) in [5.41, 5.74) is 1.60. The third-order valence-corrected chi connectivity index (χ3v) is 5.66. The largest absolute Gasteiger partial charge is 0.444 e. The number of nitrogens with zero attached hydrogens (tertiary/aromatic N) is 2. The van der Waals surface area contributed by atoms with E-state index in [0.717, 1.165) is 11.1 Å². The highest BCUT2D eigenvalue weighted by Crippen LogP contribution is 2.20. The lowest BCUT2D eigenvalue weighted by Crippen LogP contribution is -2.54. The van der Waals surface area contributed by atoms with Gasteiger partial charge < -0.3 is 20.3 Å². The molecule has 2 atom stereocenters. The first-order chi connectivity index (χ1) is 16.7. The first kappa shape index (κ1) is 25.8. The van der Waals surface area contributed by atoms with Crippen LogP contribution >= 0.6 is 0 Å². The number of rotatable bonds is 7. The van der Waals surface area contributed by atoms with Crippen molar-refractivity contribution in [1.29, 1.82) is 5.26 Å². The lowest BCUT2D eigenvalue weighted by molar-refractivity contribution is -0.140. The minimum atomic E-state index is -0.862. The van der Waals surface area contributed by atoms with E-state index >= 15 is 0 Å². The number of hydrogen-bond donors (Lipinski definition) is 2. The quantitative estimate of drug-likeness (QED) is 0.637. The third kappa shape index (κ3) is 7.57. The summed E-state index contributed by atoms with van der Waals surface area (Å²) in [6.07, 6.45) is 0.864. The standard InChI is InChI=1S/C27H32N4O4/c1-27(2,3)35-26(34)30-22(16-19-8-5-4-6-9-19)25(33)31-15-7-10-23(31)24(32)29-18-21-13-11-20(17-28)12-14-21/h4-6,8-9,11-14,22-23H,7,10,15-16,18H2,1-3H3,(H,29,32)(H,30,34)/t22-,23+/m1/s1. The molecule has 8 nitrogen and oxygen atoms in total. The molecule has 1 fully saturated rings. The highest BCUT2D eigenvalue weighted by Gasteiger charge is 2.38. The molecule has 0 radical (unpaired) electrons. The Morgan fingerprint density at radius 1 is 1.09 bits per heavy atom. The van der Waals surface area contributed by atoms with Gasteiger partial charge in [-0.05, 0) is 56.9 Å². The Labute approximate surface area is 206 Å². The average molecular weight is 477 g/mol. The molecule has 3 amide bonds. The molecule has 35 heavy (non-hydrogen) atoms. The molecule has 0 bridgehead atoms. The van der Waals surface area contributed by atoms with Crippen molar-refractivity contribution < 1.29 is 19.1 Å². The number of ether oxygens (including phenoxy) is 1. The van der Waals surface area contributed by atoms with E-state index in [1.807, 2.05) is 30.3 Å². The van der Waals surface area contributed by atoms with Crippen molar-refractivity contribution in [2.45, 2.75) is 64.3 Å². The van der Waals surface area contributed by atoms with Crippen LogP contribution in [0.25, 0.3) is 0 Å². The summed E-state index contributed by atoms with van der Waals surface area (Å²) in [5, 5.41) is 14.5. The number of nitriles is 1. The van der Waals surface area contributed by atoms with E-state index in [2.05, 4.69) is 16.7 Å². The van der Waals surface area contributed by atoms with Gasteiger partial charge in [-0.2, -0.15) is 5.26 Å². The summed E-state index contributed by atoms with van der Waals surface area (Å²) in [7, 11) is 0. The fraction of sp³-hybridized carbons (Fsp3) is 0.407. The Hall–Kier alpha value is -3.86. The number of amides is 3. The molecule has 2 N–H and O–H groups in total. The minimum Gasteiger partial charge on any atom is -0.444 e. The average Bonchev–Trinajstić information content (AvgIpc) is 3.31. The van der Waals surface area contributed by atoms with Gasteiger partial charge in [0.05, 0.1) is 11.6 Å². The summed E-state index contributed by atoms with van der Waals surface area (Å²) in [4.78, 5) is 40.6. The predicted molar refractivity (Wildman–Crippen MR) is 131 cm³/mol. The number of alkyl carbamates (subject to hydrolysis) is 1. The van der Waals surface area contributed by atoms with Crippen LogP contribution in [0.2, 0.25) is 0 Å². The molecule has 1 aliphatic heterocycles. The van der Waals surface area contributed by atoms with Crippen molar-refractivity contribution >= 4 is 17.9 Å². The Balaban J connectivity index is 1.69. The summed E-state index contributed by atoms with van der Waals surface area (Å²) < 4.78 is 5.38. The third-order valence-electron chi connectivity index (χ3n) is 5.66. The highest BCUT2D eigenvalue weighted by molar-refractivity contribution is 5.92. The molecule has 0 unspecified atom stereocenters. The maximum absolute atomic E-state index is 13.6. The molecule has 1 heterocycles. The smallest absolute Gasteiger partial charge is 0.408 e. The Kier molecular flexibility index (Phi) is 8.48. The summed E-state index contributed by atoms with van der Waals surface area (Å²) >= 11 is 0. The van der Waals surface area contributed by atoms with Crippen LogP contribution in [0.4, 0.5) is 4.79 Å². The summed E-state index contributed by atoms with van der Waals surface area (Å²) in [6, 6.07) is 17.0. The van der Waals surface area contributed by atoms with Gasteiger partial charge in [0.25, 0.3) is 0 Å². The predicted octanol–water partition coefficient (Wildman–Crippen LogP) is 3.30. The number of likely N-dealkylation sites (tertiary alicyclic amines) is 1. The van der Waals surface area contributed by atoms with Crippen molar-refractivity contribution in [3.63, 3.8) is 0 Å². The van der Waals surface area contributed by atoms with Crippen LogP contribution < -0.4 is 10.6 Å². The highest BCUT2D eigenvalue weighted by atomic mass is 16.6. The van der Waals surface area contributed by atoms with Crippen LogP contribution in [0.5, 0.6) is 0 Å². The molecule has 0 spiro atoms. The number of benzene rings is 2. The lowest BCUT2D eigenvalue weighted by atomic mass is 10.0. The first-order valence-corrected chi connectivity index (χ1v) is 11.8. The van der Waals surface area contributed by atoms with Crippen LogP contribution in [-0.2, 0) is 27.3 Å². The van der Waals surface area contributed by atoms with Crippen molar-refractivity contribution in [3.8, 4) is 6.07 Å². The van der Waals surface area contributed by atoms with E-state index < -0.39 is 23.8 Å². The van der Waals surface area contributed by atoms with Gasteiger partial charge >= 0.3 is 6.09 Å². The van der Waals surface area contributed by atoms with Crippen molar-refractivity contribution in [2.75, 3.05) is 6.54 Å². The number of hydrogen-bond acceptors (Lipinski definition) is 5. The van der Waals surface area contributed by atoms with Gasteiger partial charge in [0.2, 0.25) is 11.8 Å². The summed E-state index contributed by atoms with van der Waals surface area (Å²) in [6.45, 7) is 6.02. The molecule has 0 aromatic heterocycles. The van der Waals surface area contributed by atoms with Crippen LogP contribution in [-0.4, -0.2) is 47.0 Å². The molecule has 2 aromatic carbocycles. The Bertz CT molecular complexity index is 1070. The van der Waals surface area contributed by atoms with E-state index in [9.17, 15) is 14.4 Å². The zero-order valence-electron chi connectivity index (χ0n) is 20.4. The molecule has 2 aromatic rings. The van der Waals surface area contributed by atoms with Crippen LogP contribution in [0.15, 0.2) is 54.6 Å². The van der Waals surface area contributed by atoms with Crippen molar-refractivity contribution in [2.24, 2.45) is 0 Å². The molecule has 1 aliphatic rings. The van der Waals surface area contributed by atoms with Crippen LogP contribution in [0.1, 0.15) is 50.3 Å². The number of nitrogens with one attached hydrogen (secondary N) is 2. The minimum absolute atomic E-state index is 0.240. The molecule has 0 saturated carbocycles. The SMILES string of the molecule is CC(C)(C)OC(=O)N[C@H](Cc1ccccc1)C(=O)N1CCC[C@H]1C(=O)NCc1ccc(C#N)cc1. The van der Waals surface area contributed by atoms with Gasteiger partial charge in [-0.25, -0.2) is 4.79 Å². The van der Waals surface area contributed by atoms with Gasteiger partial charge in [-0.1, -0.05) is 42.5 Å². The molecule has 184 valence electrons. The number of carbonyl (C=O) groups excluding carboxylic acids is 3. The van der Waals surface area contributed by atoms with E-state index in [4.69, 9.17) is 10.00 Å². The Morgan fingerprint density at radius 2 is 1.77 bits per heavy atom. The monoisotopic (exact) mass is 476 g/mol. The van der Waals surface area contributed by atoms with Gasteiger partial charge in [-0.3, -0.25) is 9.59 Å². The molecule has 1 saturated heterocycles. The summed E-state index contributed by atoms with van der Waals surface area (Å²) in [5.74, 6) is -0.549. The van der Waals surface area contributed by atoms with Gasteiger partial charge in [-0.15, -0.1) is 0 Å². The Morgan fingerprint density at radius 3 is 2.40 bits per heavy atom. The molecule has 0 aliphatic carbocycles. The molecular formula is C27H32N4O4. The fourth-order valence-electron chi connectivity index (χ4n) is 4.01. The zero-order chi connectivity index (χ0) is 25.4. The van der Waals surface area contributed by atoms with E-state index in [1.165, 1.54) is 0 Å². The van der Waals surface area contributed by atoms with E-state index in [0.29, 0.717) is 31.5 Å². The maximum Gasteiger partial charge on any atom is 0.408 e. The van der Waals surface area contributed by atoms with Crippen LogP contribution in [0.3, 0.4) is 0 Å².